The normalized spacial score (nSPS) is 15.6. The maximum Gasteiger partial charge on any atom is 0.273 e. The van der Waals surface area contributed by atoms with Crippen LogP contribution in [0.4, 0.5) is 0 Å². The lowest BCUT2D eigenvalue weighted by Gasteiger charge is -2.26. The summed E-state index contributed by atoms with van der Waals surface area (Å²) in [7, 11) is 0. The number of H-pyrrole nitrogens is 1. The van der Waals surface area contributed by atoms with Crippen molar-refractivity contribution >= 4 is 5.91 Å². The fourth-order valence-electron chi connectivity index (χ4n) is 3.89. The number of hydrogen-bond donors (Lipinski definition) is 2. The van der Waals surface area contributed by atoms with Crippen LogP contribution in [0.1, 0.15) is 54.3 Å². The van der Waals surface area contributed by atoms with Crippen LogP contribution < -0.4 is 4.74 Å². The smallest absolute Gasteiger partial charge is 0.273 e. The number of carbonyl (C=O) groups is 1. The van der Waals surface area contributed by atoms with Crippen molar-refractivity contribution in [3.05, 3.63) is 65.4 Å². The SMILES string of the molecule is CCCOc1cccc([C@@H]2c3c(-c4ccccc4O)n[nH]c3C(=O)N2CCC)c1. The quantitative estimate of drug-likeness (QED) is 0.620. The minimum absolute atomic E-state index is 0.0686. The third kappa shape index (κ3) is 3.35. The second kappa shape index (κ2) is 7.99. The standard InChI is InChI=1S/C23H25N3O3/c1-3-12-26-22(15-8-7-9-16(14-15)29-13-4-2)19-20(24-25-21(19)23(26)28)17-10-5-6-11-18(17)27/h5-11,14,22,27H,3-4,12-13H2,1-2H3,(H,24,25)/t22-/m1/s1. The fraction of sp³-hybridized carbons (Fsp3) is 0.304. The van der Waals surface area contributed by atoms with Crippen LogP contribution in [0.2, 0.25) is 0 Å². The number of aromatic hydroxyl groups is 1. The van der Waals surface area contributed by atoms with E-state index >= 15 is 0 Å². The molecule has 2 N–H and O–H groups in total. The van der Waals surface area contributed by atoms with Crippen molar-refractivity contribution in [2.45, 2.75) is 32.7 Å². The lowest BCUT2D eigenvalue weighted by molar-refractivity contribution is 0.0743. The summed E-state index contributed by atoms with van der Waals surface area (Å²) >= 11 is 0. The Balaban J connectivity index is 1.84. The van der Waals surface area contributed by atoms with Gasteiger partial charge >= 0.3 is 0 Å². The summed E-state index contributed by atoms with van der Waals surface area (Å²) in [6.07, 6.45) is 1.77. The second-order valence-electron chi connectivity index (χ2n) is 7.20. The number of fused-ring (bicyclic) bond motifs is 1. The molecule has 0 saturated heterocycles. The summed E-state index contributed by atoms with van der Waals surface area (Å²) in [5, 5.41) is 17.7. The van der Waals surface area contributed by atoms with Crippen LogP contribution in [0.25, 0.3) is 11.3 Å². The van der Waals surface area contributed by atoms with Gasteiger partial charge in [0.15, 0.2) is 0 Å². The van der Waals surface area contributed by atoms with Gasteiger partial charge in [-0.15, -0.1) is 0 Å². The van der Waals surface area contributed by atoms with Gasteiger partial charge in [0, 0.05) is 17.7 Å². The molecule has 0 bridgehead atoms. The largest absolute Gasteiger partial charge is 0.507 e. The maximum absolute atomic E-state index is 13.1. The van der Waals surface area contributed by atoms with Crippen molar-refractivity contribution in [1.29, 1.82) is 0 Å². The highest BCUT2D eigenvalue weighted by Crippen LogP contribution is 2.44. The molecule has 2 heterocycles. The predicted molar refractivity (Wildman–Crippen MR) is 111 cm³/mol. The molecule has 6 nitrogen and oxygen atoms in total. The molecule has 4 rings (SSSR count). The highest BCUT2D eigenvalue weighted by atomic mass is 16.5. The number of phenolic OH excluding ortho intramolecular Hbond substituents is 1. The van der Waals surface area contributed by atoms with E-state index in [1.807, 2.05) is 41.3 Å². The molecule has 2 aromatic carbocycles. The monoisotopic (exact) mass is 391 g/mol. The molecule has 0 fully saturated rings. The number of ether oxygens (including phenoxy) is 1. The maximum atomic E-state index is 13.1. The van der Waals surface area contributed by atoms with Crippen molar-refractivity contribution in [1.82, 2.24) is 15.1 Å². The van der Waals surface area contributed by atoms with E-state index in [2.05, 4.69) is 24.0 Å². The van der Waals surface area contributed by atoms with Crippen molar-refractivity contribution in [2.75, 3.05) is 13.2 Å². The molecule has 1 aromatic heterocycles. The molecule has 150 valence electrons. The first kappa shape index (κ1) is 19.1. The van der Waals surface area contributed by atoms with E-state index in [9.17, 15) is 9.90 Å². The molecule has 0 radical (unpaired) electrons. The number of aromatic amines is 1. The highest BCUT2D eigenvalue weighted by Gasteiger charge is 2.42. The number of nitrogens with zero attached hydrogens (tertiary/aromatic N) is 2. The van der Waals surface area contributed by atoms with Crippen LogP contribution in [0, 0.1) is 0 Å². The Bertz CT molecular complexity index is 1030. The number of carbonyl (C=O) groups excluding carboxylic acids is 1. The molecule has 1 atom stereocenters. The van der Waals surface area contributed by atoms with Gasteiger partial charge in [-0.3, -0.25) is 9.89 Å². The van der Waals surface area contributed by atoms with Gasteiger partial charge in [0.05, 0.1) is 12.6 Å². The van der Waals surface area contributed by atoms with Gasteiger partial charge in [0.2, 0.25) is 0 Å². The predicted octanol–water partition coefficient (Wildman–Crippen LogP) is 4.53. The summed E-state index contributed by atoms with van der Waals surface area (Å²) in [6.45, 7) is 5.40. The van der Waals surface area contributed by atoms with E-state index < -0.39 is 0 Å². The summed E-state index contributed by atoms with van der Waals surface area (Å²) in [4.78, 5) is 15.0. The Hall–Kier alpha value is -3.28. The fourth-order valence-corrected chi connectivity index (χ4v) is 3.89. The van der Waals surface area contributed by atoms with Gasteiger partial charge in [-0.2, -0.15) is 5.10 Å². The van der Waals surface area contributed by atoms with Crippen molar-refractivity contribution in [3.63, 3.8) is 0 Å². The zero-order valence-corrected chi connectivity index (χ0v) is 16.7. The lowest BCUT2D eigenvalue weighted by atomic mass is 9.95. The lowest BCUT2D eigenvalue weighted by Crippen LogP contribution is -2.30. The molecule has 1 amide bonds. The van der Waals surface area contributed by atoms with Gasteiger partial charge in [0.1, 0.15) is 22.9 Å². The van der Waals surface area contributed by atoms with E-state index in [0.717, 1.165) is 29.7 Å². The van der Waals surface area contributed by atoms with Crippen LogP contribution in [-0.4, -0.2) is 39.3 Å². The number of benzene rings is 2. The van der Waals surface area contributed by atoms with Crippen molar-refractivity contribution < 1.29 is 14.6 Å². The topological polar surface area (TPSA) is 78.5 Å². The van der Waals surface area contributed by atoms with Gasteiger partial charge in [0.25, 0.3) is 5.91 Å². The minimum Gasteiger partial charge on any atom is -0.507 e. The van der Waals surface area contributed by atoms with Crippen LogP contribution in [0.3, 0.4) is 0 Å². The number of hydrogen-bond acceptors (Lipinski definition) is 4. The second-order valence-corrected chi connectivity index (χ2v) is 7.20. The average Bonchev–Trinajstić information content (AvgIpc) is 3.27. The Labute approximate surface area is 170 Å². The molecule has 6 heteroatoms. The molecular formula is C23H25N3O3. The molecule has 0 spiro atoms. The third-order valence-corrected chi connectivity index (χ3v) is 5.13. The first-order chi connectivity index (χ1) is 14.2. The average molecular weight is 391 g/mol. The first-order valence-corrected chi connectivity index (χ1v) is 10.1. The summed E-state index contributed by atoms with van der Waals surface area (Å²) in [5.41, 5.74) is 3.48. The van der Waals surface area contributed by atoms with Gasteiger partial charge in [-0.05, 0) is 42.7 Å². The molecule has 1 aliphatic heterocycles. The summed E-state index contributed by atoms with van der Waals surface area (Å²) in [6, 6.07) is 14.7. The Morgan fingerprint density at radius 1 is 1.14 bits per heavy atom. The zero-order chi connectivity index (χ0) is 20.4. The van der Waals surface area contributed by atoms with Gasteiger partial charge in [-0.25, -0.2) is 0 Å². The number of aromatic nitrogens is 2. The van der Waals surface area contributed by atoms with E-state index in [-0.39, 0.29) is 17.7 Å². The van der Waals surface area contributed by atoms with Crippen molar-refractivity contribution in [3.8, 4) is 22.8 Å². The van der Waals surface area contributed by atoms with E-state index in [0.29, 0.717) is 30.1 Å². The Morgan fingerprint density at radius 2 is 1.97 bits per heavy atom. The van der Waals surface area contributed by atoms with Crippen molar-refractivity contribution in [2.24, 2.45) is 0 Å². The Morgan fingerprint density at radius 3 is 2.72 bits per heavy atom. The Kier molecular flexibility index (Phi) is 5.25. The molecule has 29 heavy (non-hydrogen) atoms. The summed E-state index contributed by atoms with van der Waals surface area (Å²) < 4.78 is 5.81. The zero-order valence-electron chi connectivity index (χ0n) is 16.7. The molecule has 0 saturated carbocycles. The molecule has 3 aromatic rings. The third-order valence-electron chi connectivity index (χ3n) is 5.13. The van der Waals surface area contributed by atoms with Crippen LogP contribution in [0.15, 0.2) is 48.5 Å². The number of phenols is 1. The summed E-state index contributed by atoms with van der Waals surface area (Å²) in [5.74, 6) is 0.858. The highest BCUT2D eigenvalue weighted by molar-refractivity contribution is 6.00. The number of amides is 1. The van der Waals surface area contributed by atoms with E-state index in [1.165, 1.54) is 0 Å². The first-order valence-electron chi connectivity index (χ1n) is 10.1. The number of nitrogens with one attached hydrogen (secondary N) is 1. The number of rotatable bonds is 7. The molecular weight excluding hydrogens is 366 g/mol. The van der Waals surface area contributed by atoms with Crippen LogP contribution in [-0.2, 0) is 0 Å². The molecule has 0 unspecified atom stereocenters. The minimum atomic E-state index is -0.281. The van der Waals surface area contributed by atoms with E-state index in [1.54, 1.807) is 12.1 Å². The van der Waals surface area contributed by atoms with Crippen LogP contribution >= 0.6 is 0 Å². The molecule has 0 aliphatic carbocycles. The molecule has 1 aliphatic rings. The van der Waals surface area contributed by atoms with Gasteiger partial charge in [-0.1, -0.05) is 38.1 Å². The van der Waals surface area contributed by atoms with E-state index in [4.69, 9.17) is 4.74 Å². The van der Waals surface area contributed by atoms with Crippen LogP contribution in [0.5, 0.6) is 11.5 Å². The number of para-hydroxylation sites is 1. The van der Waals surface area contributed by atoms with Gasteiger partial charge < -0.3 is 14.7 Å².